The topological polar surface area (TPSA) is 208 Å². The fourth-order valence-electron chi connectivity index (χ4n) is 2.68. The molecule has 13 heteroatoms. The number of aliphatic hydroxyl groups is 1. The van der Waals surface area contributed by atoms with Crippen LogP contribution in [0.5, 0.6) is 0 Å². The van der Waals surface area contributed by atoms with Gasteiger partial charge in [-0.1, -0.05) is 30.3 Å². The number of benzene rings is 1. The first-order valence-electron chi connectivity index (χ1n) is 9.96. The highest BCUT2D eigenvalue weighted by molar-refractivity contribution is 7.80. The molecule has 1 rings (SSSR count). The van der Waals surface area contributed by atoms with Gasteiger partial charge in [0.15, 0.2) is 0 Å². The molecule has 1 aromatic carbocycles. The normalized spacial score (nSPS) is 14.3. The average Bonchev–Trinajstić information content (AvgIpc) is 2.78. The maximum atomic E-state index is 12.8. The minimum absolute atomic E-state index is 0.0279. The summed E-state index contributed by atoms with van der Waals surface area (Å²) in [6, 6.07) is 3.46. The third kappa shape index (κ3) is 9.89. The number of aliphatic carboxylic acids is 2. The van der Waals surface area contributed by atoms with Crippen LogP contribution < -0.4 is 21.7 Å². The molecule has 0 radical (unpaired) electrons. The van der Waals surface area contributed by atoms with Crippen molar-refractivity contribution in [3.63, 3.8) is 0 Å². The van der Waals surface area contributed by atoms with Gasteiger partial charge in [0.05, 0.1) is 12.6 Å². The zero-order chi connectivity index (χ0) is 25.0. The Morgan fingerprint density at radius 3 is 1.94 bits per heavy atom. The summed E-state index contributed by atoms with van der Waals surface area (Å²) in [5.74, 6) is -5.18. The van der Waals surface area contributed by atoms with Crippen LogP contribution in [0.15, 0.2) is 30.3 Å². The number of aliphatic hydroxyl groups excluding tert-OH is 1. The second kappa shape index (κ2) is 14.1. The highest BCUT2D eigenvalue weighted by atomic mass is 32.1. The van der Waals surface area contributed by atoms with Crippen molar-refractivity contribution in [1.82, 2.24) is 16.0 Å². The molecule has 182 valence electrons. The molecule has 0 heterocycles. The van der Waals surface area contributed by atoms with Crippen molar-refractivity contribution in [2.75, 3.05) is 12.4 Å². The van der Waals surface area contributed by atoms with Crippen LogP contribution in [-0.2, 0) is 30.4 Å². The van der Waals surface area contributed by atoms with Crippen LogP contribution in [0.25, 0.3) is 0 Å². The molecule has 33 heavy (non-hydrogen) atoms. The van der Waals surface area contributed by atoms with Gasteiger partial charge in [-0.05, 0) is 12.0 Å². The molecule has 0 spiro atoms. The summed E-state index contributed by atoms with van der Waals surface area (Å²) in [5, 5.41) is 34.3. The number of carboxylic acid groups (broad SMARTS) is 2. The molecule has 0 aliphatic carbocycles. The lowest BCUT2D eigenvalue weighted by Crippen LogP contribution is -2.58. The summed E-state index contributed by atoms with van der Waals surface area (Å²) in [4.78, 5) is 59.4. The number of nitrogens with two attached hydrogens (primary N) is 1. The Morgan fingerprint density at radius 1 is 0.879 bits per heavy atom. The van der Waals surface area contributed by atoms with Crippen LogP contribution in [-0.4, -0.2) is 81.5 Å². The van der Waals surface area contributed by atoms with Crippen LogP contribution in [0, 0.1) is 0 Å². The van der Waals surface area contributed by atoms with Gasteiger partial charge < -0.3 is 37.0 Å². The number of hydrogen-bond donors (Lipinski definition) is 8. The average molecular weight is 485 g/mol. The molecule has 0 aromatic heterocycles. The van der Waals surface area contributed by atoms with Gasteiger partial charge in [-0.3, -0.25) is 19.2 Å². The van der Waals surface area contributed by atoms with Gasteiger partial charge in [0.2, 0.25) is 17.7 Å². The van der Waals surface area contributed by atoms with E-state index < -0.39 is 73.3 Å². The summed E-state index contributed by atoms with van der Waals surface area (Å²) in [6.07, 6.45) is -0.853. The van der Waals surface area contributed by atoms with E-state index in [9.17, 15) is 34.2 Å². The Bertz CT molecular complexity index is 839. The monoisotopic (exact) mass is 484 g/mol. The third-order valence-electron chi connectivity index (χ3n) is 4.53. The Labute approximate surface area is 195 Å². The van der Waals surface area contributed by atoms with Gasteiger partial charge in [-0.2, -0.15) is 12.6 Å². The molecule has 4 unspecified atom stereocenters. The summed E-state index contributed by atoms with van der Waals surface area (Å²) in [5.41, 5.74) is 6.34. The van der Waals surface area contributed by atoms with Gasteiger partial charge in [-0.25, -0.2) is 4.79 Å². The largest absolute Gasteiger partial charge is 0.481 e. The first-order chi connectivity index (χ1) is 15.6. The Balaban J connectivity index is 2.93. The van der Waals surface area contributed by atoms with Gasteiger partial charge in [0, 0.05) is 18.6 Å². The van der Waals surface area contributed by atoms with E-state index >= 15 is 0 Å². The van der Waals surface area contributed by atoms with E-state index in [1.54, 1.807) is 30.3 Å². The smallest absolute Gasteiger partial charge is 0.326 e. The van der Waals surface area contributed by atoms with Gasteiger partial charge in [0.25, 0.3) is 0 Å². The molecule has 0 aliphatic heterocycles. The second-order valence-electron chi connectivity index (χ2n) is 7.12. The molecule has 0 fully saturated rings. The number of hydrogen-bond acceptors (Lipinski definition) is 8. The quantitative estimate of drug-likeness (QED) is 0.136. The molecule has 3 amide bonds. The molecule has 0 saturated heterocycles. The predicted octanol–water partition coefficient (Wildman–Crippen LogP) is -2.12. The number of carbonyl (C=O) groups is 5. The van der Waals surface area contributed by atoms with E-state index in [-0.39, 0.29) is 12.2 Å². The van der Waals surface area contributed by atoms with Crippen molar-refractivity contribution >= 4 is 42.3 Å². The second-order valence-corrected chi connectivity index (χ2v) is 7.48. The van der Waals surface area contributed by atoms with Crippen molar-refractivity contribution in [3.05, 3.63) is 35.9 Å². The maximum absolute atomic E-state index is 12.8. The lowest BCUT2D eigenvalue weighted by molar-refractivity contribution is -0.143. The summed E-state index contributed by atoms with van der Waals surface area (Å²) < 4.78 is 0. The van der Waals surface area contributed by atoms with E-state index in [2.05, 4.69) is 28.6 Å². The molecular weight excluding hydrogens is 456 g/mol. The SMILES string of the molecule is NC(CS)C(=O)NC(Cc1ccccc1)C(=O)NC(CO)C(=O)NC(CCC(=O)O)C(=O)O. The van der Waals surface area contributed by atoms with E-state index in [4.69, 9.17) is 10.8 Å². The number of amides is 3. The van der Waals surface area contributed by atoms with Crippen molar-refractivity contribution < 1.29 is 39.3 Å². The highest BCUT2D eigenvalue weighted by Crippen LogP contribution is 2.05. The zero-order valence-corrected chi connectivity index (χ0v) is 18.5. The van der Waals surface area contributed by atoms with Crippen LogP contribution in [0.4, 0.5) is 0 Å². The van der Waals surface area contributed by atoms with Crippen LogP contribution in [0.2, 0.25) is 0 Å². The fourth-order valence-corrected chi connectivity index (χ4v) is 2.85. The molecule has 0 aliphatic rings. The van der Waals surface area contributed by atoms with Crippen LogP contribution in [0.1, 0.15) is 18.4 Å². The molecule has 4 atom stereocenters. The molecule has 12 nitrogen and oxygen atoms in total. The predicted molar refractivity (Wildman–Crippen MR) is 119 cm³/mol. The number of nitrogens with one attached hydrogen (secondary N) is 3. The highest BCUT2D eigenvalue weighted by Gasteiger charge is 2.30. The number of rotatable bonds is 14. The molecule has 0 bridgehead atoms. The number of thiol groups is 1. The molecule has 8 N–H and O–H groups in total. The first kappa shape index (κ1) is 27.9. The molecule has 1 aromatic rings. The van der Waals surface area contributed by atoms with Crippen molar-refractivity contribution in [2.45, 2.75) is 43.4 Å². The number of carboxylic acids is 2. The molecule has 0 saturated carbocycles. The summed E-state index contributed by atoms with van der Waals surface area (Å²) in [6.45, 7) is -0.870. The van der Waals surface area contributed by atoms with Crippen molar-refractivity contribution in [2.24, 2.45) is 5.73 Å². The van der Waals surface area contributed by atoms with E-state index in [0.717, 1.165) is 0 Å². The van der Waals surface area contributed by atoms with E-state index in [1.807, 2.05) is 0 Å². The maximum Gasteiger partial charge on any atom is 0.326 e. The van der Waals surface area contributed by atoms with Crippen LogP contribution >= 0.6 is 12.6 Å². The van der Waals surface area contributed by atoms with E-state index in [1.165, 1.54) is 0 Å². The molecular formula is C20H28N4O8S. The standard InChI is InChI=1S/C20H28N4O8S/c21-12(10-33)17(28)23-14(8-11-4-2-1-3-5-11)18(29)24-15(9-25)19(30)22-13(20(31)32)6-7-16(26)27/h1-5,12-15,25,33H,6-10,21H2,(H,22,30)(H,23,28)(H,24,29)(H,26,27)(H,31,32). The van der Waals surface area contributed by atoms with Gasteiger partial charge in [0.1, 0.15) is 18.1 Å². The fraction of sp³-hybridized carbons (Fsp3) is 0.450. The summed E-state index contributed by atoms with van der Waals surface area (Å²) in [7, 11) is 0. The minimum atomic E-state index is -1.54. The van der Waals surface area contributed by atoms with Crippen LogP contribution in [0.3, 0.4) is 0 Å². The summed E-state index contributed by atoms with van der Waals surface area (Å²) >= 11 is 3.95. The van der Waals surface area contributed by atoms with Gasteiger partial charge >= 0.3 is 11.9 Å². The van der Waals surface area contributed by atoms with Gasteiger partial charge in [-0.15, -0.1) is 0 Å². The number of carbonyl (C=O) groups excluding carboxylic acids is 3. The minimum Gasteiger partial charge on any atom is -0.481 e. The van der Waals surface area contributed by atoms with Crippen molar-refractivity contribution in [1.29, 1.82) is 0 Å². The third-order valence-corrected chi connectivity index (χ3v) is 4.92. The Hall–Kier alpha value is -3.16. The Morgan fingerprint density at radius 2 is 1.42 bits per heavy atom. The zero-order valence-electron chi connectivity index (χ0n) is 17.6. The lowest BCUT2D eigenvalue weighted by atomic mass is 10.0. The lowest BCUT2D eigenvalue weighted by Gasteiger charge is -2.24. The first-order valence-corrected chi connectivity index (χ1v) is 10.6. The van der Waals surface area contributed by atoms with Crippen molar-refractivity contribution in [3.8, 4) is 0 Å². The van der Waals surface area contributed by atoms with E-state index in [0.29, 0.717) is 5.56 Å². The Kier molecular flexibility index (Phi) is 11.9.